The zero-order chi connectivity index (χ0) is 23.6. The molecule has 174 valence electrons. The molecule has 0 radical (unpaired) electrons. The SMILES string of the molecule is CN(C)C1CCN(C(=O)C(NS(=O)(=O)c2ccc3[nH]c(=O)ccc3c2)c2ccccc2)CC1. The van der Waals surface area contributed by atoms with Gasteiger partial charge in [0.1, 0.15) is 6.04 Å². The maximum atomic E-state index is 13.5. The molecule has 2 aromatic carbocycles. The van der Waals surface area contributed by atoms with Gasteiger partial charge >= 0.3 is 0 Å². The van der Waals surface area contributed by atoms with Crippen LogP contribution >= 0.6 is 0 Å². The number of rotatable bonds is 6. The van der Waals surface area contributed by atoms with Crippen molar-refractivity contribution in [2.24, 2.45) is 0 Å². The summed E-state index contributed by atoms with van der Waals surface area (Å²) >= 11 is 0. The van der Waals surface area contributed by atoms with E-state index < -0.39 is 16.1 Å². The average Bonchev–Trinajstić information content (AvgIpc) is 2.82. The largest absolute Gasteiger partial charge is 0.341 e. The molecule has 1 atom stereocenters. The number of fused-ring (bicyclic) bond motifs is 1. The molecule has 2 N–H and O–H groups in total. The van der Waals surface area contributed by atoms with Crippen LogP contribution in [0.2, 0.25) is 0 Å². The molecule has 1 amide bonds. The molecule has 33 heavy (non-hydrogen) atoms. The minimum atomic E-state index is -4.01. The van der Waals surface area contributed by atoms with E-state index in [4.69, 9.17) is 0 Å². The third-order valence-electron chi connectivity index (χ3n) is 6.16. The van der Waals surface area contributed by atoms with E-state index in [2.05, 4.69) is 14.6 Å². The van der Waals surface area contributed by atoms with E-state index >= 15 is 0 Å². The molecule has 0 saturated carbocycles. The van der Waals surface area contributed by atoms with Crippen LogP contribution in [0, 0.1) is 0 Å². The Morgan fingerprint density at radius 3 is 2.42 bits per heavy atom. The second-order valence-electron chi connectivity index (χ2n) is 8.56. The number of carbonyl (C=O) groups excluding carboxylic acids is 1. The molecule has 1 aliphatic rings. The van der Waals surface area contributed by atoms with Gasteiger partial charge in [-0.05, 0) is 62.2 Å². The summed E-state index contributed by atoms with van der Waals surface area (Å²) in [5.41, 5.74) is 0.871. The first-order valence-electron chi connectivity index (χ1n) is 10.9. The third-order valence-corrected chi connectivity index (χ3v) is 7.59. The first-order chi connectivity index (χ1) is 15.7. The van der Waals surface area contributed by atoms with Crippen molar-refractivity contribution in [1.82, 2.24) is 19.5 Å². The summed E-state index contributed by atoms with van der Waals surface area (Å²) in [4.78, 5) is 31.6. The summed E-state index contributed by atoms with van der Waals surface area (Å²) in [7, 11) is 0.0451. The highest BCUT2D eigenvalue weighted by molar-refractivity contribution is 7.89. The van der Waals surface area contributed by atoms with Gasteiger partial charge < -0.3 is 14.8 Å². The van der Waals surface area contributed by atoms with E-state index in [1.54, 1.807) is 41.3 Å². The second-order valence-corrected chi connectivity index (χ2v) is 10.3. The number of nitrogens with one attached hydrogen (secondary N) is 2. The first kappa shape index (κ1) is 23.2. The molecule has 0 spiro atoms. The second kappa shape index (κ2) is 9.46. The van der Waals surface area contributed by atoms with Crippen molar-refractivity contribution in [3.05, 3.63) is 76.6 Å². The lowest BCUT2D eigenvalue weighted by Crippen LogP contribution is -2.48. The Bertz CT molecular complexity index is 1300. The molecule has 1 fully saturated rings. The van der Waals surface area contributed by atoms with Crippen LogP contribution in [0.5, 0.6) is 0 Å². The minimum Gasteiger partial charge on any atom is -0.341 e. The number of sulfonamides is 1. The Morgan fingerprint density at radius 1 is 1.06 bits per heavy atom. The number of H-pyrrole nitrogens is 1. The van der Waals surface area contributed by atoms with Gasteiger partial charge in [-0.3, -0.25) is 9.59 Å². The summed E-state index contributed by atoms with van der Waals surface area (Å²) in [6.07, 6.45) is 1.69. The number of amides is 1. The molecule has 2 heterocycles. The number of piperidine rings is 1. The van der Waals surface area contributed by atoms with Crippen molar-refractivity contribution in [3.8, 4) is 0 Å². The molecular weight excluding hydrogens is 440 g/mol. The summed E-state index contributed by atoms with van der Waals surface area (Å²) in [6, 6.07) is 15.7. The van der Waals surface area contributed by atoms with Crippen LogP contribution < -0.4 is 10.3 Å². The average molecular weight is 469 g/mol. The van der Waals surface area contributed by atoms with Gasteiger partial charge in [-0.1, -0.05) is 30.3 Å². The summed E-state index contributed by atoms with van der Waals surface area (Å²) in [5, 5.41) is 0.589. The van der Waals surface area contributed by atoms with E-state index in [-0.39, 0.29) is 16.4 Å². The maximum Gasteiger partial charge on any atom is 0.248 e. The van der Waals surface area contributed by atoms with Crippen LogP contribution in [0.15, 0.2) is 70.4 Å². The number of likely N-dealkylation sites (tertiary alicyclic amines) is 1. The molecule has 1 saturated heterocycles. The first-order valence-corrected chi connectivity index (χ1v) is 12.4. The van der Waals surface area contributed by atoms with Crippen LogP contribution in [0.3, 0.4) is 0 Å². The van der Waals surface area contributed by atoms with E-state index in [1.165, 1.54) is 18.2 Å². The normalized spacial score (nSPS) is 16.3. The topological polar surface area (TPSA) is 103 Å². The Hall–Kier alpha value is -3.01. The highest BCUT2D eigenvalue weighted by Gasteiger charge is 2.33. The Morgan fingerprint density at radius 2 is 1.76 bits per heavy atom. The quantitative estimate of drug-likeness (QED) is 0.577. The van der Waals surface area contributed by atoms with Crippen LogP contribution in [0.1, 0.15) is 24.4 Å². The molecule has 0 aliphatic carbocycles. The van der Waals surface area contributed by atoms with Crippen LogP contribution in [-0.2, 0) is 14.8 Å². The van der Waals surface area contributed by atoms with E-state index in [1.807, 2.05) is 20.2 Å². The fraction of sp³-hybridized carbons (Fsp3) is 0.333. The minimum absolute atomic E-state index is 0.0297. The number of carbonyl (C=O) groups is 1. The van der Waals surface area contributed by atoms with Gasteiger partial charge in [0.15, 0.2) is 0 Å². The number of aromatic amines is 1. The van der Waals surface area contributed by atoms with Gasteiger partial charge in [-0.2, -0.15) is 4.72 Å². The van der Waals surface area contributed by atoms with Crippen molar-refractivity contribution in [2.45, 2.75) is 29.8 Å². The molecule has 3 aromatic rings. The number of pyridine rings is 1. The fourth-order valence-electron chi connectivity index (χ4n) is 4.21. The van der Waals surface area contributed by atoms with Crippen LogP contribution in [-0.4, -0.2) is 62.3 Å². The number of nitrogens with zero attached hydrogens (tertiary/aromatic N) is 2. The van der Waals surface area contributed by atoms with Crippen LogP contribution in [0.4, 0.5) is 0 Å². The Labute approximate surface area is 193 Å². The number of aromatic nitrogens is 1. The van der Waals surface area contributed by atoms with Crippen LogP contribution in [0.25, 0.3) is 10.9 Å². The van der Waals surface area contributed by atoms with E-state index in [0.29, 0.717) is 35.6 Å². The zero-order valence-corrected chi connectivity index (χ0v) is 19.5. The lowest BCUT2D eigenvalue weighted by molar-refractivity contribution is -0.134. The standard InChI is InChI=1S/C24H28N4O4S/c1-27(2)19-12-14-28(15-13-19)24(30)23(17-6-4-3-5-7-17)26-33(31,32)20-9-10-21-18(16-20)8-11-22(29)25-21/h3-11,16,19,23,26H,12-15H2,1-2H3,(H,25,29). The summed E-state index contributed by atoms with van der Waals surface area (Å²) in [5.74, 6) is -0.257. The lowest BCUT2D eigenvalue weighted by Gasteiger charge is -2.37. The molecule has 0 bridgehead atoms. The van der Waals surface area contributed by atoms with Crippen molar-refractivity contribution in [2.75, 3.05) is 27.2 Å². The summed E-state index contributed by atoms with van der Waals surface area (Å²) in [6.45, 7) is 1.16. The Balaban J connectivity index is 1.62. The number of hydrogen-bond acceptors (Lipinski definition) is 5. The fourth-order valence-corrected chi connectivity index (χ4v) is 5.43. The van der Waals surface area contributed by atoms with Gasteiger partial charge in [0, 0.05) is 30.7 Å². The number of benzene rings is 2. The predicted molar refractivity (Wildman–Crippen MR) is 127 cm³/mol. The van der Waals surface area contributed by atoms with Crippen molar-refractivity contribution in [1.29, 1.82) is 0 Å². The van der Waals surface area contributed by atoms with Gasteiger partial charge in [0.25, 0.3) is 0 Å². The summed E-state index contributed by atoms with van der Waals surface area (Å²) < 4.78 is 29.2. The molecule has 9 heteroatoms. The molecule has 1 unspecified atom stereocenters. The molecule has 4 rings (SSSR count). The van der Waals surface area contributed by atoms with E-state index in [0.717, 1.165) is 12.8 Å². The zero-order valence-electron chi connectivity index (χ0n) is 18.7. The third kappa shape index (κ3) is 5.16. The Kier molecular flexibility index (Phi) is 6.64. The number of hydrogen-bond donors (Lipinski definition) is 2. The predicted octanol–water partition coefficient (Wildman–Crippen LogP) is 2.10. The smallest absolute Gasteiger partial charge is 0.248 e. The molecule has 1 aliphatic heterocycles. The lowest BCUT2D eigenvalue weighted by atomic mass is 10.0. The van der Waals surface area contributed by atoms with Gasteiger partial charge in [-0.25, -0.2) is 8.42 Å². The van der Waals surface area contributed by atoms with Gasteiger partial charge in [0.2, 0.25) is 21.5 Å². The molecule has 8 nitrogen and oxygen atoms in total. The highest BCUT2D eigenvalue weighted by Crippen LogP contribution is 2.24. The maximum absolute atomic E-state index is 13.5. The monoisotopic (exact) mass is 468 g/mol. The van der Waals surface area contributed by atoms with E-state index in [9.17, 15) is 18.0 Å². The van der Waals surface area contributed by atoms with Gasteiger partial charge in [-0.15, -0.1) is 0 Å². The van der Waals surface area contributed by atoms with Crippen molar-refractivity contribution in [3.63, 3.8) is 0 Å². The van der Waals surface area contributed by atoms with Crippen molar-refractivity contribution < 1.29 is 13.2 Å². The molecular formula is C24H28N4O4S. The molecule has 1 aromatic heterocycles. The highest BCUT2D eigenvalue weighted by atomic mass is 32.2. The van der Waals surface area contributed by atoms with Gasteiger partial charge in [0.05, 0.1) is 4.90 Å². The van der Waals surface area contributed by atoms with Crippen molar-refractivity contribution >= 4 is 26.8 Å².